The molecule has 1 N–H and O–H groups in total. The molecular formula is C21H27N3O6S. The number of benzene rings is 2. The van der Waals surface area contributed by atoms with E-state index in [0.29, 0.717) is 5.75 Å². The number of rotatable bonds is 10. The summed E-state index contributed by atoms with van der Waals surface area (Å²) in [5.41, 5.74) is 1.92. The second-order valence-corrected chi connectivity index (χ2v) is 9.08. The van der Waals surface area contributed by atoms with Crippen molar-refractivity contribution in [3.05, 3.63) is 63.7 Å². The number of carbonyl (C=O) groups is 1. The minimum Gasteiger partial charge on any atom is -0.492 e. The average Bonchev–Trinajstić information content (AvgIpc) is 2.67. The van der Waals surface area contributed by atoms with Gasteiger partial charge in [-0.05, 0) is 49.6 Å². The number of nitrogens with one attached hydrogen (secondary N) is 1. The van der Waals surface area contributed by atoms with E-state index in [1.54, 1.807) is 6.92 Å². The van der Waals surface area contributed by atoms with E-state index >= 15 is 0 Å². The summed E-state index contributed by atoms with van der Waals surface area (Å²) in [4.78, 5) is 23.2. The minimum atomic E-state index is -3.88. The van der Waals surface area contributed by atoms with Gasteiger partial charge in [0.1, 0.15) is 18.4 Å². The second kappa shape index (κ2) is 10.3. The van der Waals surface area contributed by atoms with E-state index in [2.05, 4.69) is 5.32 Å². The van der Waals surface area contributed by atoms with Gasteiger partial charge in [0.2, 0.25) is 15.9 Å². The summed E-state index contributed by atoms with van der Waals surface area (Å²) in [6.45, 7) is 5.98. The van der Waals surface area contributed by atoms with E-state index in [9.17, 15) is 23.3 Å². The average molecular weight is 450 g/mol. The SMILES string of the molecule is CC[C@H](C(=O)NCCOc1cc(C)cc(C)c1)N(c1cccc([N+](=O)[O-])c1)S(C)(=O)=O. The van der Waals surface area contributed by atoms with Crippen LogP contribution < -0.4 is 14.4 Å². The van der Waals surface area contributed by atoms with Gasteiger partial charge in [-0.1, -0.05) is 19.1 Å². The summed E-state index contributed by atoms with van der Waals surface area (Å²) >= 11 is 0. The summed E-state index contributed by atoms with van der Waals surface area (Å²) in [6, 6.07) is 9.94. The van der Waals surface area contributed by atoms with Gasteiger partial charge in [-0.2, -0.15) is 0 Å². The molecule has 0 unspecified atom stereocenters. The molecule has 0 fully saturated rings. The van der Waals surface area contributed by atoms with Gasteiger partial charge in [-0.25, -0.2) is 8.42 Å². The lowest BCUT2D eigenvalue weighted by molar-refractivity contribution is -0.384. The standard InChI is InChI=1S/C21H27N3O6S/c1-5-20(21(25)22-9-10-30-19-12-15(2)11-16(3)13-19)23(31(4,28)29)17-7-6-8-18(14-17)24(26)27/h6-8,11-14,20H,5,9-10H2,1-4H3,(H,22,25)/t20-/m1/s1. The van der Waals surface area contributed by atoms with E-state index in [4.69, 9.17) is 4.74 Å². The number of amides is 1. The minimum absolute atomic E-state index is 0.0604. The maximum absolute atomic E-state index is 12.8. The molecule has 0 heterocycles. The first-order valence-electron chi connectivity index (χ1n) is 9.75. The number of nitro groups is 1. The van der Waals surface area contributed by atoms with Crippen LogP contribution in [0, 0.1) is 24.0 Å². The predicted octanol–water partition coefficient (Wildman–Crippen LogP) is 2.95. The van der Waals surface area contributed by atoms with Crippen molar-refractivity contribution in [2.75, 3.05) is 23.7 Å². The monoisotopic (exact) mass is 449 g/mol. The fourth-order valence-electron chi connectivity index (χ4n) is 3.28. The number of ether oxygens (including phenoxy) is 1. The van der Waals surface area contributed by atoms with Crippen LogP contribution in [0.4, 0.5) is 11.4 Å². The number of sulfonamides is 1. The van der Waals surface area contributed by atoms with Crippen molar-refractivity contribution in [1.29, 1.82) is 0 Å². The van der Waals surface area contributed by atoms with Gasteiger partial charge in [0.15, 0.2) is 0 Å². The summed E-state index contributed by atoms with van der Waals surface area (Å²) < 4.78 is 31.5. The quantitative estimate of drug-likeness (QED) is 0.338. The molecule has 0 radical (unpaired) electrons. The molecule has 9 nitrogen and oxygen atoms in total. The number of anilines is 1. The zero-order valence-electron chi connectivity index (χ0n) is 18.0. The van der Waals surface area contributed by atoms with Crippen LogP contribution in [-0.4, -0.2) is 44.7 Å². The maximum Gasteiger partial charge on any atom is 0.271 e. The highest BCUT2D eigenvalue weighted by Gasteiger charge is 2.32. The molecule has 0 bridgehead atoms. The van der Waals surface area contributed by atoms with E-state index in [1.165, 1.54) is 18.2 Å². The van der Waals surface area contributed by atoms with E-state index in [0.717, 1.165) is 27.8 Å². The van der Waals surface area contributed by atoms with Crippen LogP contribution >= 0.6 is 0 Å². The van der Waals surface area contributed by atoms with Crippen molar-refractivity contribution in [3.63, 3.8) is 0 Å². The normalized spacial score (nSPS) is 12.1. The molecule has 2 rings (SSSR count). The Kier molecular flexibility index (Phi) is 7.98. The first kappa shape index (κ1) is 24.1. The molecule has 0 spiro atoms. The topological polar surface area (TPSA) is 119 Å². The molecular weight excluding hydrogens is 422 g/mol. The molecule has 0 aliphatic rings. The highest BCUT2D eigenvalue weighted by Crippen LogP contribution is 2.26. The van der Waals surface area contributed by atoms with Gasteiger partial charge in [0.25, 0.3) is 5.69 Å². The van der Waals surface area contributed by atoms with Gasteiger partial charge in [-0.3, -0.25) is 19.2 Å². The number of carbonyl (C=O) groups excluding carboxylic acids is 1. The number of non-ortho nitro benzene ring substituents is 1. The molecule has 0 saturated heterocycles. The van der Waals surface area contributed by atoms with E-state index in [1.807, 2.05) is 32.0 Å². The van der Waals surface area contributed by atoms with Crippen LogP contribution in [0.5, 0.6) is 5.75 Å². The second-order valence-electron chi connectivity index (χ2n) is 7.22. The van der Waals surface area contributed by atoms with Gasteiger partial charge >= 0.3 is 0 Å². The molecule has 0 aliphatic heterocycles. The van der Waals surface area contributed by atoms with Crippen LogP contribution in [0.3, 0.4) is 0 Å². The van der Waals surface area contributed by atoms with Crippen molar-refractivity contribution in [1.82, 2.24) is 5.32 Å². The van der Waals surface area contributed by atoms with E-state index < -0.39 is 26.9 Å². The van der Waals surface area contributed by atoms with E-state index in [-0.39, 0.29) is 30.9 Å². The third-order valence-electron chi connectivity index (χ3n) is 4.49. The number of nitrogens with zero attached hydrogens (tertiary/aromatic N) is 2. The smallest absolute Gasteiger partial charge is 0.271 e. The number of hydrogen-bond donors (Lipinski definition) is 1. The molecule has 2 aromatic rings. The molecule has 10 heteroatoms. The van der Waals surface area contributed by atoms with Crippen LogP contribution in [0.25, 0.3) is 0 Å². The third-order valence-corrected chi connectivity index (χ3v) is 5.67. The summed E-state index contributed by atoms with van der Waals surface area (Å²) in [7, 11) is -3.88. The Morgan fingerprint density at radius 3 is 2.39 bits per heavy atom. The lowest BCUT2D eigenvalue weighted by Crippen LogP contribution is -2.50. The molecule has 31 heavy (non-hydrogen) atoms. The van der Waals surface area contributed by atoms with Gasteiger partial charge < -0.3 is 10.1 Å². The van der Waals surface area contributed by atoms with Crippen molar-refractivity contribution in [3.8, 4) is 5.75 Å². The summed E-state index contributed by atoms with van der Waals surface area (Å²) in [5, 5.41) is 13.8. The molecule has 0 aliphatic carbocycles. The Morgan fingerprint density at radius 1 is 1.19 bits per heavy atom. The Hall–Kier alpha value is -3.14. The Morgan fingerprint density at radius 2 is 1.84 bits per heavy atom. The van der Waals surface area contributed by atoms with Gasteiger partial charge in [0.05, 0.1) is 23.4 Å². The first-order valence-corrected chi connectivity index (χ1v) is 11.6. The van der Waals surface area contributed by atoms with Crippen LogP contribution in [0.15, 0.2) is 42.5 Å². The Labute approximate surface area is 182 Å². The number of aryl methyl sites for hydroxylation is 2. The zero-order valence-corrected chi connectivity index (χ0v) is 18.8. The first-order chi connectivity index (χ1) is 14.5. The van der Waals surface area contributed by atoms with Gasteiger partial charge in [-0.15, -0.1) is 0 Å². The Bertz CT molecular complexity index is 1030. The summed E-state index contributed by atoms with van der Waals surface area (Å²) in [5.74, 6) is 0.177. The highest BCUT2D eigenvalue weighted by molar-refractivity contribution is 7.92. The van der Waals surface area contributed by atoms with Crippen LogP contribution in [-0.2, 0) is 14.8 Å². The van der Waals surface area contributed by atoms with Crippen molar-refractivity contribution >= 4 is 27.3 Å². The number of hydrogen-bond acceptors (Lipinski definition) is 6. The predicted molar refractivity (Wildman–Crippen MR) is 119 cm³/mol. The molecule has 2 aromatic carbocycles. The highest BCUT2D eigenvalue weighted by atomic mass is 32.2. The molecule has 0 saturated carbocycles. The molecule has 0 aromatic heterocycles. The van der Waals surface area contributed by atoms with Crippen molar-refractivity contribution in [2.24, 2.45) is 0 Å². The lowest BCUT2D eigenvalue weighted by atomic mass is 10.1. The Balaban J connectivity index is 2.12. The van der Waals surface area contributed by atoms with Crippen LogP contribution in [0.2, 0.25) is 0 Å². The fourth-order valence-corrected chi connectivity index (χ4v) is 4.48. The third kappa shape index (κ3) is 6.68. The van der Waals surface area contributed by atoms with Gasteiger partial charge in [0, 0.05) is 12.1 Å². The summed E-state index contributed by atoms with van der Waals surface area (Å²) in [6.07, 6.45) is 1.14. The van der Waals surface area contributed by atoms with Crippen molar-refractivity contribution < 1.29 is 22.9 Å². The maximum atomic E-state index is 12.8. The largest absolute Gasteiger partial charge is 0.492 e. The molecule has 1 atom stereocenters. The fraction of sp³-hybridized carbons (Fsp3) is 0.381. The lowest BCUT2D eigenvalue weighted by Gasteiger charge is -2.30. The molecule has 168 valence electrons. The number of nitro benzene ring substituents is 1. The van der Waals surface area contributed by atoms with Crippen LogP contribution in [0.1, 0.15) is 24.5 Å². The zero-order chi connectivity index (χ0) is 23.2. The molecule has 1 amide bonds. The van der Waals surface area contributed by atoms with Crippen molar-refractivity contribution in [2.45, 2.75) is 33.2 Å².